The molecule has 124 valence electrons. The van der Waals surface area contributed by atoms with E-state index in [2.05, 4.69) is 56.2 Å². The number of aromatic nitrogens is 2. The molecule has 1 aromatic heterocycles. The molecule has 0 aliphatic heterocycles. The lowest BCUT2D eigenvalue weighted by Crippen LogP contribution is -2.15. The van der Waals surface area contributed by atoms with Crippen LogP contribution in [0.2, 0.25) is 0 Å². The molecule has 2 aromatic rings. The lowest BCUT2D eigenvalue weighted by atomic mass is 9.91. The van der Waals surface area contributed by atoms with Crippen molar-refractivity contribution < 1.29 is 4.79 Å². The van der Waals surface area contributed by atoms with E-state index < -0.39 is 0 Å². The van der Waals surface area contributed by atoms with Crippen molar-refractivity contribution in [2.24, 2.45) is 0 Å². The number of hydrogen-bond acceptors (Lipinski definition) is 5. The third-order valence-corrected chi connectivity index (χ3v) is 5.36. The summed E-state index contributed by atoms with van der Waals surface area (Å²) in [7, 11) is 0. The van der Waals surface area contributed by atoms with Gasteiger partial charge in [-0.2, -0.15) is 0 Å². The predicted octanol–water partition coefficient (Wildman–Crippen LogP) is 5.15. The summed E-state index contributed by atoms with van der Waals surface area (Å²) in [6, 6.07) is 6.09. The molecule has 4 nitrogen and oxygen atoms in total. The van der Waals surface area contributed by atoms with Gasteiger partial charge >= 0.3 is 0 Å². The Morgan fingerprint density at radius 3 is 2.57 bits per heavy atom. The van der Waals surface area contributed by atoms with E-state index in [1.165, 1.54) is 16.9 Å². The van der Waals surface area contributed by atoms with Gasteiger partial charge < -0.3 is 0 Å². The number of amides is 1. The SMILES string of the molecule is CCSc1nnc(NC(=O)c2ccc(C(C)C)cc2C(C)C)s1. The Labute approximate surface area is 146 Å². The van der Waals surface area contributed by atoms with Crippen molar-refractivity contribution in [1.82, 2.24) is 10.2 Å². The van der Waals surface area contributed by atoms with Crippen molar-refractivity contribution in [2.75, 3.05) is 11.1 Å². The van der Waals surface area contributed by atoms with Gasteiger partial charge in [0.05, 0.1) is 0 Å². The van der Waals surface area contributed by atoms with E-state index in [0.717, 1.165) is 15.7 Å². The first-order valence-electron chi connectivity index (χ1n) is 7.83. The van der Waals surface area contributed by atoms with Gasteiger partial charge in [-0.05, 0) is 34.8 Å². The Hall–Kier alpha value is -1.40. The zero-order valence-electron chi connectivity index (χ0n) is 14.2. The summed E-state index contributed by atoms with van der Waals surface area (Å²) in [5, 5.41) is 11.5. The van der Waals surface area contributed by atoms with Crippen LogP contribution in [0.4, 0.5) is 5.13 Å². The molecule has 0 saturated carbocycles. The Bertz CT molecular complexity index is 680. The third-order valence-electron chi connectivity index (χ3n) is 3.50. The fourth-order valence-corrected chi connectivity index (χ4v) is 3.88. The van der Waals surface area contributed by atoms with E-state index in [4.69, 9.17) is 0 Å². The van der Waals surface area contributed by atoms with E-state index in [9.17, 15) is 4.79 Å². The van der Waals surface area contributed by atoms with E-state index in [1.807, 2.05) is 12.1 Å². The molecule has 0 spiro atoms. The highest BCUT2D eigenvalue weighted by Crippen LogP contribution is 2.28. The number of benzene rings is 1. The van der Waals surface area contributed by atoms with Gasteiger partial charge in [-0.1, -0.05) is 69.9 Å². The maximum atomic E-state index is 12.6. The summed E-state index contributed by atoms with van der Waals surface area (Å²) in [5.74, 6) is 1.56. The molecule has 0 unspecified atom stereocenters. The lowest BCUT2D eigenvalue weighted by Gasteiger charge is -2.15. The van der Waals surface area contributed by atoms with Gasteiger partial charge in [-0.25, -0.2) is 0 Å². The van der Waals surface area contributed by atoms with Gasteiger partial charge in [0.15, 0.2) is 4.34 Å². The van der Waals surface area contributed by atoms with Crippen molar-refractivity contribution in [3.8, 4) is 0 Å². The topological polar surface area (TPSA) is 54.9 Å². The molecule has 1 N–H and O–H groups in total. The Morgan fingerprint density at radius 1 is 1.22 bits per heavy atom. The van der Waals surface area contributed by atoms with Crippen molar-refractivity contribution >= 4 is 34.1 Å². The van der Waals surface area contributed by atoms with Gasteiger partial charge in [-0.15, -0.1) is 10.2 Å². The van der Waals surface area contributed by atoms with E-state index in [1.54, 1.807) is 11.8 Å². The second-order valence-corrected chi connectivity index (χ2v) is 8.41. The second kappa shape index (κ2) is 7.93. The third kappa shape index (κ3) is 4.54. The van der Waals surface area contributed by atoms with E-state index >= 15 is 0 Å². The molecule has 2 rings (SSSR count). The maximum absolute atomic E-state index is 12.6. The average molecular weight is 350 g/mol. The van der Waals surface area contributed by atoms with Crippen molar-refractivity contribution in [3.05, 3.63) is 34.9 Å². The van der Waals surface area contributed by atoms with E-state index in [-0.39, 0.29) is 11.8 Å². The molecule has 0 aliphatic rings. The second-order valence-electron chi connectivity index (χ2n) is 5.92. The first-order valence-corrected chi connectivity index (χ1v) is 9.64. The lowest BCUT2D eigenvalue weighted by molar-refractivity contribution is 0.102. The number of carbonyl (C=O) groups excluding carboxylic acids is 1. The Morgan fingerprint density at radius 2 is 1.96 bits per heavy atom. The molecule has 0 fully saturated rings. The Kier molecular flexibility index (Phi) is 6.18. The summed E-state index contributed by atoms with van der Waals surface area (Å²) in [5.41, 5.74) is 3.04. The van der Waals surface area contributed by atoms with Crippen LogP contribution in [-0.4, -0.2) is 21.9 Å². The molecule has 0 atom stereocenters. The normalized spacial score (nSPS) is 11.3. The molecule has 6 heteroatoms. The van der Waals surface area contributed by atoms with Crippen molar-refractivity contribution in [3.63, 3.8) is 0 Å². The van der Waals surface area contributed by atoms with Gasteiger partial charge in [0.1, 0.15) is 0 Å². The van der Waals surface area contributed by atoms with Gasteiger partial charge in [0.2, 0.25) is 5.13 Å². The van der Waals surface area contributed by atoms with Crippen molar-refractivity contribution in [2.45, 2.75) is 50.8 Å². The zero-order valence-corrected chi connectivity index (χ0v) is 15.8. The first kappa shape index (κ1) is 17.9. The highest BCUT2D eigenvalue weighted by atomic mass is 32.2. The van der Waals surface area contributed by atoms with Gasteiger partial charge in [0, 0.05) is 5.56 Å². The molecular formula is C17H23N3OS2. The van der Waals surface area contributed by atoms with Gasteiger partial charge in [-0.3, -0.25) is 10.1 Å². The van der Waals surface area contributed by atoms with Crippen LogP contribution >= 0.6 is 23.1 Å². The number of thioether (sulfide) groups is 1. The summed E-state index contributed by atoms with van der Waals surface area (Å²) >= 11 is 3.04. The summed E-state index contributed by atoms with van der Waals surface area (Å²) in [6.07, 6.45) is 0. The number of rotatable bonds is 6. The minimum Gasteiger partial charge on any atom is -0.296 e. The standard InChI is InChI=1S/C17H23N3OS2/c1-6-22-17-20-19-16(23-17)18-15(21)13-8-7-12(10(2)3)9-14(13)11(4)5/h7-11H,6H2,1-5H3,(H,18,19,21). The number of carbonyl (C=O) groups is 1. The first-order chi connectivity index (χ1) is 10.9. The monoisotopic (exact) mass is 349 g/mol. The molecule has 1 amide bonds. The fraction of sp³-hybridized carbons (Fsp3) is 0.471. The highest BCUT2D eigenvalue weighted by Gasteiger charge is 2.17. The number of nitrogens with zero attached hydrogens (tertiary/aromatic N) is 2. The van der Waals surface area contributed by atoms with Crippen LogP contribution in [-0.2, 0) is 0 Å². The minimum atomic E-state index is -0.117. The molecule has 0 radical (unpaired) electrons. The molecule has 0 aliphatic carbocycles. The molecule has 1 aromatic carbocycles. The fourth-order valence-electron chi connectivity index (χ4n) is 2.23. The summed E-state index contributed by atoms with van der Waals surface area (Å²) in [4.78, 5) is 12.6. The van der Waals surface area contributed by atoms with Crippen LogP contribution in [0.5, 0.6) is 0 Å². The van der Waals surface area contributed by atoms with Crippen LogP contribution in [0.15, 0.2) is 22.5 Å². The largest absolute Gasteiger partial charge is 0.296 e. The molecule has 0 bridgehead atoms. The molecule has 23 heavy (non-hydrogen) atoms. The average Bonchev–Trinajstić information content (AvgIpc) is 2.94. The van der Waals surface area contributed by atoms with E-state index in [0.29, 0.717) is 16.6 Å². The highest BCUT2D eigenvalue weighted by molar-refractivity contribution is 8.01. The van der Waals surface area contributed by atoms with Crippen LogP contribution in [0.25, 0.3) is 0 Å². The molecule has 1 heterocycles. The van der Waals surface area contributed by atoms with Crippen LogP contribution in [0.1, 0.15) is 67.9 Å². The van der Waals surface area contributed by atoms with Crippen LogP contribution in [0.3, 0.4) is 0 Å². The number of hydrogen-bond donors (Lipinski definition) is 1. The van der Waals surface area contributed by atoms with Crippen LogP contribution < -0.4 is 5.32 Å². The van der Waals surface area contributed by atoms with Gasteiger partial charge in [0.25, 0.3) is 5.91 Å². The zero-order chi connectivity index (χ0) is 17.0. The quantitative estimate of drug-likeness (QED) is 0.579. The minimum absolute atomic E-state index is 0.117. The van der Waals surface area contributed by atoms with Crippen LogP contribution in [0, 0.1) is 0 Å². The smallest absolute Gasteiger partial charge is 0.257 e. The molecular weight excluding hydrogens is 326 g/mol. The predicted molar refractivity (Wildman–Crippen MR) is 98.9 cm³/mol. The molecule has 0 saturated heterocycles. The number of nitrogens with one attached hydrogen (secondary N) is 1. The summed E-state index contributed by atoms with van der Waals surface area (Å²) < 4.78 is 0.877. The summed E-state index contributed by atoms with van der Waals surface area (Å²) in [6.45, 7) is 10.6. The Balaban J connectivity index is 2.23. The number of anilines is 1. The van der Waals surface area contributed by atoms with Crippen molar-refractivity contribution in [1.29, 1.82) is 0 Å². The maximum Gasteiger partial charge on any atom is 0.257 e.